The highest BCUT2D eigenvalue weighted by Crippen LogP contribution is 2.44. The zero-order valence-corrected chi connectivity index (χ0v) is 22.2. The molecule has 0 aliphatic carbocycles. The molecule has 2 aromatic carbocycles. The van der Waals surface area contributed by atoms with E-state index in [2.05, 4.69) is 31.1 Å². The summed E-state index contributed by atoms with van der Waals surface area (Å²) in [5, 5.41) is 19.7. The van der Waals surface area contributed by atoms with E-state index in [9.17, 15) is 34.8 Å². The largest absolute Gasteiger partial charge is 0.417 e. The number of benzene rings is 2. The third kappa shape index (κ3) is 6.10. The van der Waals surface area contributed by atoms with Crippen molar-refractivity contribution in [3.8, 4) is 0 Å². The van der Waals surface area contributed by atoms with E-state index in [1.54, 1.807) is 12.1 Å². The van der Waals surface area contributed by atoms with Gasteiger partial charge in [0, 0.05) is 16.9 Å². The second-order valence-corrected chi connectivity index (χ2v) is 12.5. The van der Waals surface area contributed by atoms with Crippen LogP contribution in [0.1, 0.15) is 22.7 Å². The molecule has 0 fully saturated rings. The van der Waals surface area contributed by atoms with E-state index in [-0.39, 0.29) is 20.8 Å². The molecule has 2 amide bonds. The van der Waals surface area contributed by atoms with Crippen LogP contribution in [-0.2, 0) is 26.2 Å². The molecule has 2 N–H and O–H groups in total. The lowest BCUT2D eigenvalue weighted by molar-refractivity contribution is -0.137. The molecule has 4 rings (SSSR count). The van der Waals surface area contributed by atoms with Gasteiger partial charge in [-0.3, -0.25) is 0 Å². The first kappa shape index (κ1) is 28.2. The zero-order chi connectivity index (χ0) is 28.8. The van der Waals surface area contributed by atoms with Crippen molar-refractivity contribution < 1.29 is 34.8 Å². The molecule has 2 heterocycles. The Morgan fingerprint density at radius 3 is 2.15 bits per heavy atom. The Morgan fingerprint density at radius 1 is 0.974 bits per heavy atom. The van der Waals surface area contributed by atoms with E-state index >= 15 is 0 Å². The summed E-state index contributed by atoms with van der Waals surface area (Å²) in [4.78, 5) is 12.3. The van der Waals surface area contributed by atoms with Crippen molar-refractivity contribution >= 4 is 60.6 Å². The number of carbonyl (C=O) groups is 1. The highest BCUT2D eigenvalue weighted by atomic mass is 35.5. The average molecular weight is 604 g/mol. The minimum absolute atomic E-state index is 0.0892. The molecule has 12 nitrogen and oxygen atoms in total. The van der Waals surface area contributed by atoms with Gasteiger partial charge in [0.25, 0.3) is 0 Å². The van der Waals surface area contributed by atoms with Crippen LogP contribution in [0.4, 0.5) is 40.8 Å². The van der Waals surface area contributed by atoms with Gasteiger partial charge in [0.15, 0.2) is 0 Å². The van der Waals surface area contributed by atoms with Crippen molar-refractivity contribution in [2.45, 2.75) is 12.2 Å². The molecule has 0 radical (unpaired) electrons. The van der Waals surface area contributed by atoms with Crippen molar-refractivity contribution in [2.24, 2.45) is 10.2 Å². The number of hydrogen-bond donors (Lipinski definition) is 2. The maximum atomic E-state index is 13.0. The van der Waals surface area contributed by atoms with Gasteiger partial charge in [-0.2, -0.15) is 28.5 Å². The van der Waals surface area contributed by atoms with Crippen molar-refractivity contribution in [1.82, 2.24) is 10.2 Å². The molecule has 0 saturated heterocycles. The van der Waals surface area contributed by atoms with Crippen LogP contribution in [0.5, 0.6) is 0 Å². The molecule has 0 bridgehead atoms. The molecule has 0 saturated carbocycles. The first-order chi connectivity index (χ1) is 18.1. The van der Waals surface area contributed by atoms with Gasteiger partial charge in [0.05, 0.1) is 29.3 Å². The summed E-state index contributed by atoms with van der Waals surface area (Å²) in [7, 11) is -8.60. The van der Waals surface area contributed by atoms with E-state index in [1.807, 2.05) is 0 Å². The fourth-order valence-electron chi connectivity index (χ4n) is 3.66. The molecule has 0 spiro atoms. The Bertz CT molecular complexity index is 1670. The molecule has 206 valence electrons. The molecule has 1 aliphatic rings. The Hall–Kier alpha value is -3.83. The monoisotopic (exact) mass is 603 g/mol. The van der Waals surface area contributed by atoms with Gasteiger partial charge in [-0.15, -0.1) is 8.81 Å². The van der Waals surface area contributed by atoms with Crippen LogP contribution in [0.3, 0.4) is 0 Å². The fourth-order valence-corrected chi connectivity index (χ4v) is 6.72. The number of aromatic nitrogens is 2. The number of carbonyl (C=O) groups excluding carboxylic acids is 1. The minimum Gasteiger partial charge on any atom is -0.308 e. The Balaban J connectivity index is 1.52. The number of alkyl halides is 3. The number of nitrogens with one attached hydrogen (secondary N) is 2. The van der Waals surface area contributed by atoms with E-state index in [4.69, 9.17) is 11.6 Å². The number of urea groups is 1. The van der Waals surface area contributed by atoms with Gasteiger partial charge >= 0.3 is 12.2 Å². The molecular weight excluding hydrogens is 587 g/mol. The van der Waals surface area contributed by atoms with Crippen LogP contribution in [0.25, 0.3) is 0 Å². The highest BCUT2D eigenvalue weighted by molar-refractivity contribution is 8.09. The van der Waals surface area contributed by atoms with Gasteiger partial charge in [0.2, 0.25) is 25.9 Å². The minimum atomic E-state index is -4.70. The van der Waals surface area contributed by atoms with Crippen molar-refractivity contribution in [1.29, 1.82) is 0 Å². The van der Waals surface area contributed by atoms with E-state index in [0.717, 1.165) is 6.07 Å². The maximum absolute atomic E-state index is 13.0. The summed E-state index contributed by atoms with van der Waals surface area (Å²) in [5.74, 6) is -0.519. The van der Waals surface area contributed by atoms with Crippen molar-refractivity contribution in [3.63, 3.8) is 0 Å². The first-order valence-corrected chi connectivity index (χ1v) is 14.6. The summed E-state index contributed by atoms with van der Waals surface area (Å²) in [6.07, 6.45) is -2.03. The number of halogens is 4. The number of azo groups is 1. The average Bonchev–Trinajstić information content (AvgIpc) is 3.23. The summed E-state index contributed by atoms with van der Waals surface area (Å²) in [6.45, 7) is 0. The van der Waals surface area contributed by atoms with Crippen LogP contribution in [-0.4, -0.2) is 45.6 Å². The number of nitrogens with zero attached hydrogens (tertiary/aromatic N) is 5. The summed E-state index contributed by atoms with van der Waals surface area (Å²) in [5.41, 5.74) is -0.211. The predicted molar refractivity (Wildman–Crippen MR) is 136 cm³/mol. The van der Waals surface area contributed by atoms with E-state index in [0.29, 0.717) is 29.7 Å². The molecule has 18 heteroatoms. The van der Waals surface area contributed by atoms with Crippen molar-refractivity contribution in [2.75, 3.05) is 26.9 Å². The number of hydrogen-bond acceptors (Lipinski definition) is 9. The number of rotatable bonds is 6. The predicted octanol–water partition coefficient (Wildman–Crippen LogP) is 4.71. The number of amides is 2. The standard InChI is InChI=1S/C21H17ClF3N7O5S2/c1-38(34,35)32(39(2,36)37)19-18-14(10-26-31-19)17(29-30-18)11-3-5-12(6-4-11)27-20(33)28-13-7-8-16(22)15(9-13)21(23,24)25/h3-10,17H,1-2H3,(H2,27,28,33). The summed E-state index contributed by atoms with van der Waals surface area (Å²) in [6, 6.07) is 7.43. The summed E-state index contributed by atoms with van der Waals surface area (Å²) < 4.78 is 87.9. The first-order valence-electron chi connectivity index (χ1n) is 10.6. The quantitative estimate of drug-likeness (QED) is 0.412. The van der Waals surface area contributed by atoms with E-state index < -0.39 is 54.7 Å². The number of anilines is 3. The fraction of sp³-hybridized carbons (Fsp3) is 0.190. The topological polar surface area (TPSA) is 163 Å². The highest BCUT2D eigenvalue weighted by Gasteiger charge is 2.36. The molecule has 1 aliphatic heterocycles. The van der Waals surface area contributed by atoms with Gasteiger partial charge in [-0.25, -0.2) is 21.6 Å². The third-order valence-corrected chi connectivity index (χ3v) is 8.70. The van der Waals surface area contributed by atoms with Gasteiger partial charge in [-0.1, -0.05) is 23.7 Å². The van der Waals surface area contributed by atoms with Crippen molar-refractivity contribution in [3.05, 3.63) is 70.4 Å². The van der Waals surface area contributed by atoms with Gasteiger partial charge in [0.1, 0.15) is 11.7 Å². The van der Waals surface area contributed by atoms with Crippen LogP contribution in [0, 0.1) is 0 Å². The van der Waals surface area contributed by atoms with Gasteiger partial charge < -0.3 is 10.6 Å². The second-order valence-electron chi connectivity index (χ2n) is 8.21. The molecule has 3 aromatic rings. The Labute approximate surface area is 225 Å². The second kappa shape index (κ2) is 10.0. The Kier molecular flexibility index (Phi) is 7.26. The lowest BCUT2D eigenvalue weighted by Gasteiger charge is -2.19. The number of sulfonamides is 2. The molecule has 39 heavy (non-hydrogen) atoms. The third-order valence-electron chi connectivity index (χ3n) is 5.19. The van der Waals surface area contributed by atoms with E-state index in [1.165, 1.54) is 24.4 Å². The lowest BCUT2D eigenvalue weighted by Crippen LogP contribution is -2.36. The maximum Gasteiger partial charge on any atom is 0.417 e. The zero-order valence-electron chi connectivity index (χ0n) is 19.8. The normalized spacial score (nSPS) is 15.1. The molecule has 1 aromatic heterocycles. The van der Waals surface area contributed by atoms with Crippen LogP contribution in [0.2, 0.25) is 5.02 Å². The van der Waals surface area contributed by atoms with Crippen LogP contribution >= 0.6 is 11.6 Å². The van der Waals surface area contributed by atoms with Gasteiger partial charge in [-0.05, 0) is 35.9 Å². The number of fused-ring (bicyclic) bond motifs is 1. The Morgan fingerprint density at radius 2 is 1.56 bits per heavy atom. The smallest absolute Gasteiger partial charge is 0.308 e. The van der Waals surface area contributed by atoms with Crippen LogP contribution in [0.15, 0.2) is 58.9 Å². The molecule has 1 atom stereocenters. The SMILES string of the molecule is CS(=O)(=O)N(c1nncc2c1N=NC2c1ccc(NC(=O)Nc2ccc(Cl)c(C(F)(F)F)c2)cc1)S(C)(=O)=O. The lowest BCUT2D eigenvalue weighted by atomic mass is 10.0. The van der Waals surface area contributed by atoms with Crippen LogP contribution < -0.4 is 14.3 Å². The molecule has 1 unspecified atom stereocenters. The molecular formula is C21H17ClF3N7O5S2. The summed E-state index contributed by atoms with van der Waals surface area (Å²) >= 11 is 5.59.